The van der Waals surface area contributed by atoms with E-state index in [4.69, 9.17) is 9.47 Å². The van der Waals surface area contributed by atoms with Gasteiger partial charge < -0.3 is 19.3 Å². The highest BCUT2D eigenvalue weighted by molar-refractivity contribution is 5.78. The van der Waals surface area contributed by atoms with Crippen molar-refractivity contribution in [1.82, 2.24) is 9.80 Å². The Labute approximate surface area is 176 Å². The van der Waals surface area contributed by atoms with Crippen molar-refractivity contribution in [2.75, 3.05) is 57.3 Å². The number of fused-ring (bicyclic) bond motifs is 1. The van der Waals surface area contributed by atoms with Gasteiger partial charge in [-0.15, -0.1) is 0 Å². The van der Waals surface area contributed by atoms with E-state index < -0.39 is 0 Å². The second kappa shape index (κ2) is 9.34. The van der Waals surface area contributed by atoms with E-state index in [1.165, 1.54) is 12.1 Å². The molecule has 30 heavy (non-hydrogen) atoms. The lowest BCUT2D eigenvalue weighted by atomic mass is 10.2. The Bertz CT molecular complexity index is 853. The van der Waals surface area contributed by atoms with Crippen LogP contribution in [0.4, 0.5) is 10.1 Å². The number of ether oxygens (including phenoxy) is 2. The van der Waals surface area contributed by atoms with Crippen LogP contribution >= 0.6 is 0 Å². The summed E-state index contributed by atoms with van der Waals surface area (Å²) in [6, 6.07) is 14.2. The van der Waals surface area contributed by atoms with Gasteiger partial charge in [0.25, 0.3) is 0 Å². The molecule has 1 saturated heterocycles. The van der Waals surface area contributed by atoms with Gasteiger partial charge >= 0.3 is 0 Å². The van der Waals surface area contributed by atoms with Crippen LogP contribution < -0.4 is 14.4 Å². The van der Waals surface area contributed by atoms with E-state index in [1.54, 1.807) is 12.1 Å². The van der Waals surface area contributed by atoms with Crippen LogP contribution in [0, 0.1) is 5.82 Å². The molecule has 2 aromatic carbocycles. The number of nitrogens with zero attached hydrogens (tertiary/aromatic N) is 3. The smallest absolute Gasteiger partial charge is 0.236 e. The zero-order chi connectivity index (χ0) is 20.9. The fourth-order valence-electron chi connectivity index (χ4n) is 3.91. The highest BCUT2D eigenvalue weighted by Gasteiger charge is 2.26. The molecule has 2 aliphatic heterocycles. The lowest BCUT2D eigenvalue weighted by Crippen LogP contribution is -2.51. The molecule has 2 aromatic rings. The Morgan fingerprint density at radius 1 is 1.07 bits per heavy atom. The van der Waals surface area contributed by atoms with Gasteiger partial charge in [-0.3, -0.25) is 9.69 Å². The Kier molecular flexibility index (Phi) is 6.38. The van der Waals surface area contributed by atoms with Gasteiger partial charge in [0.05, 0.1) is 13.1 Å². The first-order valence-electron chi connectivity index (χ1n) is 10.5. The van der Waals surface area contributed by atoms with Crippen molar-refractivity contribution in [1.29, 1.82) is 0 Å². The maximum Gasteiger partial charge on any atom is 0.236 e. The first-order chi connectivity index (χ1) is 14.6. The van der Waals surface area contributed by atoms with E-state index in [2.05, 4.69) is 9.80 Å². The first-order valence-corrected chi connectivity index (χ1v) is 10.5. The highest BCUT2D eigenvalue weighted by atomic mass is 19.1. The number of anilines is 1. The largest absolute Gasteiger partial charge is 0.486 e. The predicted octanol–water partition coefficient (Wildman–Crippen LogP) is 2.64. The van der Waals surface area contributed by atoms with Crippen LogP contribution in [0.1, 0.15) is 6.92 Å². The Balaban J connectivity index is 1.26. The van der Waals surface area contributed by atoms with Crippen molar-refractivity contribution in [3.63, 3.8) is 0 Å². The summed E-state index contributed by atoms with van der Waals surface area (Å²) in [5.74, 6) is 1.37. The monoisotopic (exact) mass is 413 g/mol. The molecule has 0 spiro atoms. The maximum absolute atomic E-state index is 13.1. The molecule has 0 radical (unpaired) electrons. The van der Waals surface area contributed by atoms with Crippen molar-refractivity contribution in [2.24, 2.45) is 0 Å². The molecule has 0 N–H and O–H groups in total. The molecule has 1 amide bonds. The minimum Gasteiger partial charge on any atom is -0.486 e. The summed E-state index contributed by atoms with van der Waals surface area (Å²) in [5, 5.41) is 0. The van der Waals surface area contributed by atoms with Crippen LogP contribution in [0.2, 0.25) is 0 Å². The molecular weight excluding hydrogens is 385 g/mol. The van der Waals surface area contributed by atoms with E-state index >= 15 is 0 Å². The molecule has 0 aromatic heterocycles. The van der Waals surface area contributed by atoms with Gasteiger partial charge in [-0.25, -0.2) is 4.39 Å². The second-order valence-electron chi connectivity index (χ2n) is 7.67. The Hall–Kier alpha value is -2.80. The van der Waals surface area contributed by atoms with E-state index in [1.807, 2.05) is 36.1 Å². The van der Waals surface area contributed by atoms with E-state index in [-0.39, 0.29) is 17.8 Å². The minimum absolute atomic E-state index is 0.107. The quantitative estimate of drug-likeness (QED) is 0.729. The molecule has 1 atom stereocenters. The topological polar surface area (TPSA) is 45.3 Å². The lowest BCUT2D eigenvalue weighted by Gasteiger charge is -2.37. The zero-order valence-electron chi connectivity index (χ0n) is 17.3. The molecule has 0 saturated carbocycles. The summed E-state index contributed by atoms with van der Waals surface area (Å²) >= 11 is 0. The molecule has 0 bridgehead atoms. The van der Waals surface area contributed by atoms with Gasteiger partial charge in [0.2, 0.25) is 5.91 Å². The van der Waals surface area contributed by atoms with Crippen LogP contribution in [-0.4, -0.2) is 74.2 Å². The molecule has 160 valence electrons. The first kappa shape index (κ1) is 20.5. The Morgan fingerprint density at radius 3 is 2.47 bits per heavy atom. The van der Waals surface area contributed by atoms with Gasteiger partial charge in [0.15, 0.2) is 17.6 Å². The molecular formula is C23H28FN3O3. The fraction of sp³-hybridized carbons (Fsp3) is 0.435. The third-order valence-electron chi connectivity index (χ3n) is 5.65. The molecule has 6 nitrogen and oxygen atoms in total. The predicted molar refractivity (Wildman–Crippen MR) is 114 cm³/mol. The van der Waals surface area contributed by atoms with Crippen LogP contribution in [-0.2, 0) is 4.79 Å². The molecule has 4 rings (SSSR count). The third-order valence-corrected chi connectivity index (χ3v) is 5.65. The summed E-state index contributed by atoms with van der Waals surface area (Å²) in [4.78, 5) is 19.1. The fourth-order valence-corrected chi connectivity index (χ4v) is 3.91. The average Bonchev–Trinajstić information content (AvgIpc) is 2.78. The number of hydrogen-bond donors (Lipinski definition) is 0. The van der Waals surface area contributed by atoms with Gasteiger partial charge in [0.1, 0.15) is 12.4 Å². The standard InChI is InChI=1S/C23H28FN3O3/c1-2-26(15-20-17-29-21-5-3-4-6-22(21)30-20)23(28)16-25-11-13-27(14-12-25)19-9-7-18(24)8-10-19/h3-10,20H,2,11-17H2,1H3/t20-/m0/s1. The summed E-state index contributed by atoms with van der Waals surface area (Å²) in [7, 11) is 0. The zero-order valence-corrected chi connectivity index (χ0v) is 17.3. The SMILES string of the molecule is CCN(C[C@H]1COc2ccccc2O1)C(=O)CN1CCN(c2ccc(F)cc2)CC1. The molecule has 0 aliphatic carbocycles. The normalized spacial score (nSPS) is 18.9. The lowest BCUT2D eigenvalue weighted by molar-refractivity contribution is -0.133. The summed E-state index contributed by atoms with van der Waals surface area (Å²) in [6.45, 7) is 7.22. The number of carbonyl (C=O) groups is 1. The minimum atomic E-state index is -0.224. The number of halogens is 1. The maximum atomic E-state index is 13.1. The summed E-state index contributed by atoms with van der Waals surface area (Å²) in [5.41, 5.74) is 1.02. The van der Waals surface area contributed by atoms with Crippen LogP contribution in [0.5, 0.6) is 11.5 Å². The van der Waals surface area contributed by atoms with Gasteiger partial charge in [-0.05, 0) is 43.3 Å². The second-order valence-corrected chi connectivity index (χ2v) is 7.67. The number of piperazine rings is 1. The van der Waals surface area contributed by atoms with Gasteiger partial charge in [0, 0.05) is 38.4 Å². The summed E-state index contributed by atoms with van der Waals surface area (Å²) in [6.07, 6.45) is -0.167. The number of carbonyl (C=O) groups excluding carboxylic acids is 1. The molecule has 2 aliphatic rings. The third kappa shape index (κ3) is 4.84. The number of hydrogen-bond acceptors (Lipinski definition) is 5. The molecule has 1 fully saturated rings. The van der Waals surface area contributed by atoms with Crippen molar-refractivity contribution in [3.8, 4) is 11.5 Å². The number of benzene rings is 2. The molecule has 7 heteroatoms. The number of para-hydroxylation sites is 2. The number of amides is 1. The van der Waals surface area contributed by atoms with Gasteiger partial charge in [-0.2, -0.15) is 0 Å². The van der Waals surface area contributed by atoms with Gasteiger partial charge in [-0.1, -0.05) is 12.1 Å². The average molecular weight is 413 g/mol. The summed E-state index contributed by atoms with van der Waals surface area (Å²) < 4.78 is 24.9. The molecule has 0 unspecified atom stereocenters. The van der Waals surface area contributed by atoms with Crippen LogP contribution in [0.3, 0.4) is 0 Å². The van der Waals surface area contributed by atoms with Crippen molar-refractivity contribution < 1.29 is 18.7 Å². The van der Waals surface area contributed by atoms with E-state index in [9.17, 15) is 9.18 Å². The number of likely N-dealkylation sites (N-methyl/N-ethyl adjacent to an activating group) is 1. The van der Waals surface area contributed by atoms with Crippen LogP contribution in [0.15, 0.2) is 48.5 Å². The van der Waals surface area contributed by atoms with Crippen molar-refractivity contribution >= 4 is 11.6 Å². The molecule has 2 heterocycles. The van der Waals surface area contributed by atoms with Crippen molar-refractivity contribution in [2.45, 2.75) is 13.0 Å². The highest BCUT2D eigenvalue weighted by Crippen LogP contribution is 2.31. The Morgan fingerprint density at radius 2 is 1.77 bits per heavy atom. The van der Waals surface area contributed by atoms with Crippen LogP contribution in [0.25, 0.3) is 0 Å². The van der Waals surface area contributed by atoms with E-state index in [0.29, 0.717) is 26.2 Å². The number of rotatable bonds is 6. The van der Waals surface area contributed by atoms with E-state index in [0.717, 1.165) is 43.4 Å². The van der Waals surface area contributed by atoms with Crippen molar-refractivity contribution in [3.05, 3.63) is 54.3 Å².